The van der Waals surface area contributed by atoms with Crippen LogP contribution in [0.25, 0.3) is 22.6 Å². The summed E-state index contributed by atoms with van der Waals surface area (Å²) in [6, 6.07) is 20.2. The molecule has 0 fully saturated rings. The largest absolute Gasteiger partial charge is 0.333 e. The van der Waals surface area contributed by atoms with Gasteiger partial charge < -0.3 is 0 Å². The number of aromatic nitrogens is 5. The van der Waals surface area contributed by atoms with Crippen LogP contribution in [0.1, 0.15) is 22.4 Å². The minimum atomic E-state index is -0.0571. The van der Waals surface area contributed by atoms with Crippen LogP contribution in [-0.4, -0.2) is 23.7 Å². The van der Waals surface area contributed by atoms with Gasteiger partial charge in [-0.25, -0.2) is 14.3 Å². The third-order valence-electron chi connectivity index (χ3n) is 5.62. The lowest BCUT2D eigenvalue weighted by Crippen LogP contribution is -2.24. The van der Waals surface area contributed by atoms with Crippen LogP contribution in [0, 0.1) is 20.8 Å². The molecule has 3 aromatic heterocycles. The van der Waals surface area contributed by atoms with Crippen LogP contribution in [0.4, 0.5) is 0 Å². The van der Waals surface area contributed by atoms with Crippen LogP contribution in [0.3, 0.4) is 0 Å². The Morgan fingerprint density at radius 3 is 2.45 bits per heavy atom. The van der Waals surface area contributed by atoms with E-state index in [1.165, 1.54) is 11.9 Å². The van der Waals surface area contributed by atoms with Crippen molar-refractivity contribution in [3.63, 3.8) is 0 Å². The van der Waals surface area contributed by atoms with Gasteiger partial charge in [-0.3, -0.25) is 9.13 Å². The third kappa shape index (κ3) is 3.36. The summed E-state index contributed by atoms with van der Waals surface area (Å²) in [5, 5.41) is 4.27. The Kier molecular flexibility index (Phi) is 4.55. The van der Waals surface area contributed by atoms with Crippen LogP contribution in [-0.2, 0) is 6.54 Å². The molecule has 0 N–H and O–H groups in total. The smallest absolute Gasteiger partial charge is 0.291 e. The molecule has 3 heterocycles. The molecule has 6 heteroatoms. The Hall–Kier alpha value is -3.93. The van der Waals surface area contributed by atoms with E-state index in [9.17, 15) is 4.79 Å². The Labute approximate surface area is 180 Å². The van der Waals surface area contributed by atoms with Gasteiger partial charge in [0, 0.05) is 17.5 Å². The molecule has 0 atom stereocenters. The average Bonchev–Trinajstić information content (AvgIpc) is 3.31. The van der Waals surface area contributed by atoms with Crippen molar-refractivity contribution >= 4 is 5.65 Å². The fourth-order valence-corrected chi connectivity index (χ4v) is 4.13. The summed E-state index contributed by atoms with van der Waals surface area (Å²) in [6.45, 7) is 6.62. The first-order valence-corrected chi connectivity index (χ1v) is 10.3. The summed E-state index contributed by atoms with van der Waals surface area (Å²) >= 11 is 0. The number of hydrogen-bond acceptors (Lipinski definition) is 3. The summed E-state index contributed by atoms with van der Waals surface area (Å²) in [5.74, 6) is 0. The van der Waals surface area contributed by atoms with Crippen molar-refractivity contribution in [1.82, 2.24) is 23.7 Å². The molecule has 0 unspecified atom stereocenters. The lowest BCUT2D eigenvalue weighted by Gasteiger charge is -2.10. The van der Waals surface area contributed by atoms with Gasteiger partial charge in [-0.2, -0.15) is 5.10 Å². The highest BCUT2D eigenvalue weighted by Gasteiger charge is 2.20. The maximum absolute atomic E-state index is 13.7. The summed E-state index contributed by atoms with van der Waals surface area (Å²) in [6.07, 6.45) is 3.45. The van der Waals surface area contributed by atoms with Crippen molar-refractivity contribution in [1.29, 1.82) is 0 Å². The standard InChI is InChI=1S/C25H23N5O/c1-17-6-4-8-20(12-17)14-28-19(3)24(21-10-11-23-26-16-27-29(23)15-21)30(25(28)31)22-9-5-7-18(2)13-22/h4-13,15-16H,14H2,1-3H3. The Morgan fingerprint density at radius 1 is 0.903 bits per heavy atom. The zero-order valence-electron chi connectivity index (χ0n) is 17.8. The van der Waals surface area contributed by atoms with Gasteiger partial charge in [0.2, 0.25) is 0 Å². The minimum absolute atomic E-state index is 0.0571. The number of aryl methyl sites for hydroxylation is 2. The highest BCUT2D eigenvalue weighted by molar-refractivity contribution is 5.66. The molecule has 0 saturated heterocycles. The second-order valence-electron chi connectivity index (χ2n) is 7.95. The number of hydrogen-bond donors (Lipinski definition) is 0. The highest BCUT2D eigenvalue weighted by atomic mass is 16.1. The maximum Gasteiger partial charge on any atom is 0.333 e. The van der Waals surface area contributed by atoms with E-state index in [0.29, 0.717) is 6.54 Å². The first-order valence-electron chi connectivity index (χ1n) is 10.3. The minimum Gasteiger partial charge on any atom is -0.291 e. The lowest BCUT2D eigenvalue weighted by molar-refractivity contribution is 0.723. The van der Waals surface area contributed by atoms with Gasteiger partial charge in [0.1, 0.15) is 6.33 Å². The van der Waals surface area contributed by atoms with Gasteiger partial charge in [-0.1, -0.05) is 42.0 Å². The number of pyridine rings is 1. The van der Waals surface area contributed by atoms with Gasteiger partial charge >= 0.3 is 5.69 Å². The number of fused-ring (bicyclic) bond motifs is 1. The van der Waals surface area contributed by atoms with E-state index in [1.807, 2.05) is 67.1 Å². The number of nitrogens with zero attached hydrogens (tertiary/aromatic N) is 5. The van der Waals surface area contributed by atoms with E-state index < -0.39 is 0 Å². The second kappa shape index (κ2) is 7.40. The third-order valence-corrected chi connectivity index (χ3v) is 5.62. The quantitative estimate of drug-likeness (QED) is 0.444. The van der Waals surface area contributed by atoms with E-state index in [1.54, 1.807) is 9.08 Å². The Morgan fingerprint density at radius 2 is 1.68 bits per heavy atom. The van der Waals surface area contributed by atoms with Crippen molar-refractivity contribution < 1.29 is 0 Å². The normalized spacial score (nSPS) is 11.3. The van der Waals surface area contributed by atoms with E-state index in [2.05, 4.69) is 35.2 Å². The molecule has 31 heavy (non-hydrogen) atoms. The SMILES string of the molecule is Cc1cccc(Cn2c(C)c(-c3ccc4ncnn4c3)n(-c3cccc(C)c3)c2=O)c1. The molecule has 0 aliphatic heterocycles. The van der Waals surface area contributed by atoms with Crippen LogP contribution < -0.4 is 5.69 Å². The first kappa shape index (κ1) is 19.1. The fraction of sp³-hybridized carbons (Fsp3) is 0.160. The van der Waals surface area contributed by atoms with Gasteiger partial charge in [-0.15, -0.1) is 0 Å². The zero-order chi connectivity index (χ0) is 21.5. The molecule has 154 valence electrons. The van der Waals surface area contributed by atoms with Crippen molar-refractivity contribution in [3.8, 4) is 16.9 Å². The molecule has 0 bridgehead atoms. The molecular formula is C25H23N5O. The van der Waals surface area contributed by atoms with Gasteiger partial charge in [0.25, 0.3) is 0 Å². The molecule has 0 spiro atoms. The van der Waals surface area contributed by atoms with E-state index in [0.717, 1.165) is 39.4 Å². The van der Waals surface area contributed by atoms with E-state index in [4.69, 9.17) is 0 Å². The second-order valence-corrected chi connectivity index (χ2v) is 7.95. The number of rotatable bonds is 4. The number of benzene rings is 2. The Bertz CT molecular complexity index is 1470. The maximum atomic E-state index is 13.7. The molecule has 0 saturated carbocycles. The monoisotopic (exact) mass is 409 g/mol. The van der Waals surface area contributed by atoms with Gasteiger partial charge in [-0.05, 0) is 56.2 Å². The molecule has 6 nitrogen and oxygen atoms in total. The Balaban J connectivity index is 1.76. The van der Waals surface area contributed by atoms with Crippen molar-refractivity contribution in [3.05, 3.63) is 106 Å². The van der Waals surface area contributed by atoms with Gasteiger partial charge in [0.15, 0.2) is 5.65 Å². The van der Waals surface area contributed by atoms with E-state index >= 15 is 0 Å². The predicted molar refractivity (Wildman–Crippen MR) is 122 cm³/mol. The molecule has 5 rings (SSSR count). The zero-order valence-corrected chi connectivity index (χ0v) is 17.8. The van der Waals surface area contributed by atoms with Crippen LogP contribution in [0.15, 0.2) is 78.0 Å². The molecule has 2 aromatic carbocycles. The molecule has 0 amide bonds. The predicted octanol–water partition coefficient (Wildman–Crippen LogP) is 4.32. The van der Waals surface area contributed by atoms with Crippen molar-refractivity contribution in [2.24, 2.45) is 0 Å². The van der Waals surface area contributed by atoms with Crippen LogP contribution >= 0.6 is 0 Å². The average molecular weight is 409 g/mol. The topological polar surface area (TPSA) is 57.1 Å². The summed E-state index contributed by atoms with van der Waals surface area (Å²) in [7, 11) is 0. The van der Waals surface area contributed by atoms with Crippen molar-refractivity contribution in [2.45, 2.75) is 27.3 Å². The van der Waals surface area contributed by atoms with E-state index in [-0.39, 0.29) is 5.69 Å². The highest BCUT2D eigenvalue weighted by Crippen LogP contribution is 2.27. The molecule has 0 aliphatic rings. The summed E-state index contributed by atoms with van der Waals surface area (Å²) in [5.41, 5.74) is 7.63. The van der Waals surface area contributed by atoms with Gasteiger partial charge in [0.05, 0.1) is 17.9 Å². The van der Waals surface area contributed by atoms with Crippen molar-refractivity contribution in [2.75, 3.05) is 0 Å². The summed E-state index contributed by atoms with van der Waals surface area (Å²) in [4.78, 5) is 17.9. The van der Waals surface area contributed by atoms with Crippen LogP contribution in [0.2, 0.25) is 0 Å². The fourth-order valence-electron chi connectivity index (χ4n) is 4.13. The number of imidazole rings is 1. The molecule has 0 aliphatic carbocycles. The molecular weight excluding hydrogens is 386 g/mol. The molecule has 5 aromatic rings. The lowest BCUT2D eigenvalue weighted by atomic mass is 10.1. The first-order chi connectivity index (χ1) is 15.0. The molecule has 0 radical (unpaired) electrons. The van der Waals surface area contributed by atoms with Crippen LogP contribution in [0.5, 0.6) is 0 Å². The summed E-state index contributed by atoms with van der Waals surface area (Å²) < 4.78 is 5.38.